The largest absolute Gasteiger partial charge is 0.373 e. The molecule has 0 amide bonds. The van der Waals surface area contributed by atoms with Gasteiger partial charge in [0.2, 0.25) is 0 Å². The summed E-state index contributed by atoms with van der Waals surface area (Å²) >= 11 is 0. The van der Waals surface area contributed by atoms with Crippen molar-refractivity contribution in [3.63, 3.8) is 0 Å². The van der Waals surface area contributed by atoms with Crippen LogP contribution < -0.4 is 5.32 Å². The predicted molar refractivity (Wildman–Crippen MR) is 87.1 cm³/mol. The van der Waals surface area contributed by atoms with Gasteiger partial charge in [-0.25, -0.2) is 4.98 Å². The molecule has 0 spiro atoms. The third-order valence-electron chi connectivity index (χ3n) is 4.35. The topological polar surface area (TPSA) is 28.2 Å². The van der Waals surface area contributed by atoms with E-state index in [9.17, 15) is 0 Å². The summed E-state index contributed by atoms with van der Waals surface area (Å²) in [5.41, 5.74) is 2.48. The lowest BCUT2D eigenvalue weighted by Gasteiger charge is -2.35. The van der Waals surface area contributed by atoms with Crippen LogP contribution in [0.15, 0.2) is 30.3 Å². The molecule has 0 saturated carbocycles. The van der Waals surface area contributed by atoms with Crippen LogP contribution in [0.25, 0.3) is 10.9 Å². The van der Waals surface area contributed by atoms with Crippen molar-refractivity contribution in [2.24, 2.45) is 0 Å². The molecule has 3 heteroatoms. The summed E-state index contributed by atoms with van der Waals surface area (Å²) in [6, 6.07) is 10.5. The minimum absolute atomic E-state index is 0.191. The van der Waals surface area contributed by atoms with Crippen LogP contribution in [-0.2, 0) is 6.54 Å². The molecule has 0 aliphatic heterocycles. The van der Waals surface area contributed by atoms with Gasteiger partial charge in [-0.2, -0.15) is 0 Å². The van der Waals surface area contributed by atoms with Crippen molar-refractivity contribution >= 4 is 16.7 Å². The summed E-state index contributed by atoms with van der Waals surface area (Å²) in [6.45, 7) is 7.68. The fraction of sp³-hybridized carbons (Fsp3) is 0.471. The van der Waals surface area contributed by atoms with Crippen molar-refractivity contribution in [2.45, 2.75) is 39.3 Å². The van der Waals surface area contributed by atoms with Crippen molar-refractivity contribution < 1.29 is 0 Å². The number of nitrogens with zero attached hydrogens (tertiary/aromatic N) is 2. The fourth-order valence-corrected chi connectivity index (χ4v) is 2.24. The van der Waals surface area contributed by atoms with Crippen LogP contribution in [0.5, 0.6) is 0 Å². The van der Waals surface area contributed by atoms with Gasteiger partial charge < -0.3 is 5.32 Å². The number of fused-ring (bicyclic) bond motifs is 1. The number of aromatic nitrogens is 1. The van der Waals surface area contributed by atoms with Crippen molar-refractivity contribution in [2.75, 3.05) is 19.4 Å². The number of pyridine rings is 1. The Morgan fingerprint density at radius 1 is 1.25 bits per heavy atom. The lowest BCUT2D eigenvalue weighted by atomic mass is 9.99. The van der Waals surface area contributed by atoms with E-state index in [0.717, 1.165) is 24.3 Å². The van der Waals surface area contributed by atoms with E-state index in [1.165, 1.54) is 10.9 Å². The highest BCUT2D eigenvalue weighted by molar-refractivity contribution is 5.81. The summed E-state index contributed by atoms with van der Waals surface area (Å²) in [5.74, 6) is 0.974. The molecule has 3 nitrogen and oxygen atoms in total. The third-order valence-corrected chi connectivity index (χ3v) is 4.35. The Hall–Kier alpha value is -1.61. The van der Waals surface area contributed by atoms with Gasteiger partial charge in [-0.1, -0.05) is 25.1 Å². The second-order valence-corrected chi connectivity index (χ2v) is 5.96. The predicted octanol–water partition coefficient (Wildman–Crippen LogP) is 3.90. The van der Waals surface area contributed by atoms with E-state index in [0.29, 0.717) is 0 Å². The smallest absolute Gasteiger partial charge is 0.130 e. The van der Waals surface area contributed by atoms with Crippen molar-refractivity contribution in [3.8, 4) is 0 Å². The van der Waals surface area contributed by atoms with Crippen LogP contribution in [0.2, 0.25) is 0 Å². The second kappa shape index (κ2) is 5.80. The van der Waals surface area contributed by atoms with E-state index in [2.05, 4.69) is 62.3 Å². The number of benzene rings is 1. The van der Waals surface area contributed by atoms with Gasteiger partial charge in [0.05, 0.1) is 5.52 Å². The minimum Gasteiger partial charge on any atom is -0.373 e. The third kappa shape index (κ3) is 2.93. The Morgan fingerprint density at radius 3 is 2.60 bits per heavy atom. The van der Waals surface area contributed by atoms with E-state index in [1.807, 2.05) is 13.1 Å². The average molecular weight is 271 g/mol. The van der Waals surface area contributed by atoms with Gasteiger partial charge in [-0.3, -0.25) is 4.90 Å². The minimum atomic E-state index is 0.191. The molecule has 0 bridgehead atoms. The molecule has 2 rings (SSSR count). The number of hydrogen-bond donors (Lipinski definition) is 1. The summed E-state index contributed by atoms with van der Waals surface area (Å²) in [4.78, 5) is 7.11. The Balaban J connectivity index is 2.38. The van der Waals surface area contributed by atoms with Crippen LogP contribution in [0.1, 0.15) is 32.8 Å². The Kier molecular flexibility index (Phi) is 4.29. The molecular formula is C17H25N3. The maximum Gasteiger partial charge on any atom is 0.130 e. The fourth-order valence-electron chi connectivity index (χ4n) is 2.24. The highest BCUT2D eigenvalue weighted by Gasteiger charge is 2.22. The van der Waals surface area contributed by atoms with Crippen molar-refractivity contribution in [3.05, 3.63) is 35.9 Å². The molecular weight excluding hydrogens is 246 g/mol. The molecule has 0 unspecified atom stereocenters. The first-order valence-electron chi connectivity index (χ1n) is 7.25. The standard InChI is InChI=1S/C17H25N3/c1-6-17(2,3)20(5)12-14-11-13-9-7-8-10-15(13)19-16(14)18-4/h7-11H,6,12H2,1-5H3,(H,18,19). The van der Waals surface area contributed by atoms with Gasteiger partial charge in [0.1, 0.15) is 5.82 Å². The molecule has 0 atom stereocenters. The summed E-state index contributed by atoms with van der Waals surface area (Å²) < 4.78 is 0. The van der Waals surface area contributed by atoms with Gasteiger partial charge >= 0.3 is 0 Å². The second-order valence-electron chi connectivity index (χ2n) is 5.96. The number of nitrogens with one attached hydrogen (secondary N) is 1. The summed E-state index contributed by atoms with van der Waals surface area (Å²) in [6.07, 6.45) is 1.12. The Bertz CT molecular complexity index is 590. The lowest BCUT2D eigenvalue weighted by molar-refractivity contribution is 0.143. The van der Waals surface area contributed by atoms with Crippen molar-refractivity contribution in [1.82, 2.24) is 9.88 Å². The quantitative estimate of drug-likeness (QED) is 0.894. The van der Waals surface area contributed by atoms with E-state index in [-0.39, 0.29) is 5.54 Å². The molecule has 1 heterocycles. The highest BCUT2D eigenvalue weighted by atomic mass is 15.2. The Morgan fingerprint density at radius 2 is 1.95 bits per heavy atom. The number of para-hydroxylation sites is 1. The highest BCUT2D eigenvalue weighted by Crippen LogP contribution is 2.25. The molecule has 1 aromatic heterocycles. The molecule has 0 aliphatic rings. The maximum absolute atomic E-state index is 4.72. The van der Waals surface area contributed by atoms with E-state index in [1.54, 1.807) is 0 Å². The van der Waals surface area contributed by atoms with Crippen LogP contribution in [0.4, 0.5) is 5.82 Å². The zero-order chi connectivity index (χ0) is 14.8. The molecule has 1 N–H and O–H groups in total. The first kappa shape index (κ1) is 14.8. The van der Waals surface area contributed by atoms with Gasteiger partial charge in [0.25, 0.3) is 0 Å². The first-order chi connectivity index (χ1) is 9.47. The van der Waals surface area contributed by atoms with Crippen LogP contribution >= 0.6 is 0 Å². The molecule has 0 fully saturated rings. The van der Waals surface area contributed by atoms with Crippen LogP contribution in [-0.4, -0.2) is 29.5 Å². The molecule has 2 aromatic rings. The van der Waals surface area contributed by atoms with Gasteiger partial charge in [-0.15, -0.1) is 0 Å². The van der Waals surface area contributed by atoms with Crippen LogP contribution in [0, 0.1) is 0 Å². The van der Waals surface area contributed by atoms with Gasteiger partial charge in [-0.05, 0) is 39.4 Å². The van der Waals surface area contributed by atoms with E-state index < -0.39 is 0 Å². The van der Waals surface area contributed by atoms with Crippen molar-refractivity contribution in [1.29, 1.82) is 0 Å². The lowest BCUT2D eigenvalue weighted by Crippen LogP contribution is -2.39. The number of anilines is 1. The van der Waals surface area contributed by atoms with Gasteiger partial charge in [0.15, 0.2) is 0 Å². The SMILES string of the molecule is CCC(C)(C)N(C)Cc1cc2ccccc2nc1NC. The first-order valence-corrected chi connectivity index (χ1v) is 7.25. The summed E-state index contributed by atoms with van der Waals surface area (Å²) in [5, 5.41) is 4.42. The van der Waals surface area contributed by atoms with E-state index in [4.69, 9.17) is 4.98 Å². The van der Waals surface area contributed by atoms with Gasteiger partial charge in [0, 0.05) is 30.1 Å². The zero-order valence-corrected chi connectivity index (χ0v) is 13.2. The average Bonchev–Trinajstić information content (AvgIpc) is 2.46. The maximum atomic E-state index is 4.72. The number of rotatable bonds is 5. The number of hydrogen-bond acceptors (Lipinski definition) is 3. The molecule has 0 aliphatic carbocycles. The molecule has 20 heavy (non-hydrogen) atoms. The molecule has 0 radical (unpaired) electrons. The molecule has 108 valence electrons. The van der Waals surface area contributed by atoms with Crippen LogP contribution in [0.3, 0.4) is 0 Å². The normalized spacial score (nSPS) is 12.1. The Labute approximate surface area is 122 Å². The summed E-state index contributed by atoms with van der Waals surface area (Å²) in [7, 11) is 4.11. The molecule has 0 saturated heterocycles. The zero-order valence-electron chi connectivity index (χ0n) is 13.2. The van der Waals surface area contributed by atoms with E-state index >= 15 is 0 Å². The molecule has 1 aromatic carbocycles. The monoisotopic (exact) mass is 271 g/mol.